The summed E-state index contributed by atoms with van der Waals surface area (Å²) in [5, 5.41) is 13.8. The molecule has 1 aromatic rings. The first-order chi connectivity index (χ1) is 8.66. The van der Waals surface area contributed by atoms with Crippen molar-refractivity contribution < 1.29 is 9.31 Å². The van der Waals surface area contributed by atoms with Crippen LogP contribution in [0.4, 0.5) is 10.1 Å². The van der Waals surface area contributed by atoms with E-state index in [4.69, 9.17) is 0 Å². The highest BCUT2D eigenvalue weighted by molar-refractivity contribution is 7.99. The zero-order valence-corrected chi connectivity index (χ0v) is 10.7. The normalized spacial score (nSPS) is 19.7. The molecule has 0 amide bonds. The SMILES string of the molecule is O=[N+]([O-])c1ccc(CNC2CCCSC2)cc1F. The molecule has 1 unspecified atom stereocenters. The van der Waals surface area contributed by atoms with Crippen molar-refractivity contribution in [2.75, 3.05) is 11.5 Å². The molecule has 1 fully saturated rings. The van der Waals surface area contributed by atoms with E-state index in [0.717, 1.165) is 17.7 Å². The molecular weight excluding hydrogens is 255 g/mol. The second-order valence-electron chi connectivity index (χ2n) is 4.34. The van der Waals surface area contributed by atoms with Crippen LogP contribution in [0.25, 0.3) is 0 Å². The summed E-state index contributed by atoms with van der Waals surface area (Å²) in [7, 11) is 0. The first kappa shape index (κ1) is 13.3. The van der Waals surface area contributed by atoms with Gasteiger partial charge in [-0.2, -0.15) is 16.2 Å². The third-order valence-corrected chi connectivity index (χ3v) is 4.18. The van der Waals surface area contributed by atoms with Crippen molar-refractivity contribution >= 4 is 17.4 Å². The summed E-state index contributed by atoms with van der Waals surface area (Å²) in [5.74, 6) is 1.53. The quantitative estimate of drug-likeness (QED) is 0.675. The van der Waals surface area contributed by atoms with E-state index < -0.39 is 16.4 Å². The van der Waals surface area contributed by atoms with E-state index >= 15 is 0 Å². The highest BCUT2D eigenvalue weighted by Gasteiger charge is 2.15. The van der Waals surface area contributed by atoms with Crippen LogP contribution in [0, 0.1) is 15.9 Å². The lowest BCUT2D eigenvalue weighted by Crippen LogP contribution is -2.33. The summed E-state index contributed by atoms with van der Waals surface area (Å²) in [6.45, 7) is 0.556. The molecule has 1 aromatic carbocycles. The average molecular weight is 270 g/mol. The molecule has 0 radical (unpaired) electrons. The lowest BCUT2D eigenvalue weighted by Gasteiger charge is -2.22. The highest BCUT2D eigenvalue weighted by Crippen LogP contribution is 2.19. The second-order valence-corrected chi connectivity index (χ2v) is 5.49. The van der Waals surface area contributed by atoms with E-state index in [1.54, 1.807) is 6.07 Å². The highest BCUT2D eigenvalue weighted by atomic mass is 32.2. The Morgan fingerprint density at radius 1 is 1.56 bits per heavy atom. The monoisotopic (exact) mass is 270 g/mol. The Hall–Kier alpha value is -1.14. The molecule has 1 aliphatic rings. The van der Waals surface area contributed by atoms with Gasteiger partial charge < -0.3 is 5.32 Å². The number of hydrogen-bond donors (Lipinski definition) is 1. The number of nitrogens with one attached hydrogen (secondary N) is 1. The summed E-state index contributed by atoms with van der Waals surface area (Å²) in [6.07, 6.45) is 2.35. The molecule has 18 heavy (non-hydrogen) atoms. The van der Waals surface area contributed by atoms with E-state index in [0.29, 0.717) is 12.6 Å². The zero-order valence-electron chi connectivity index (χ0n) is 9.89. The predicted octanol–water partition coefficient (Wildman–Crippen LogP) is 2.72. The second kappa shape index (κ2) is 6.15. The topological polar surface area (TPSA) is 55.2 Å². The first-order valence-electron chi connectivity index (χ1n) is 5.91. The predicted molar refractivity (Wildman–Crippen MR) is 70.2 cm³/mol. The fraction of sp³-hybridized carbons (Fsp3) is 0.500. The number of nitro groups is 1. The number of nitro benzene ring substituents is 1. The van der Waals surface area contributed by atoms with Crippen LogP contribution in [0.15, 0.2) is 18.2 Å². The number of rotatable bonds is 4. The third kappa shape index (κ3) is 3.43. The lowest BCUT2D eigenvalue weighted by atomic mass is 10.1. The summed E-state index contributed by atoms with van der Waals surface area (Å²) >= 11 is 1.92. The van der Waals surface area contributed by atoms with Crippen LogP contribution < -0.4 is 5.32 Å². The van der Waals surface area contributed by atoms with Crippen LogP contribution >= 0.6 is 11.8 Å². The van der Waals surface area contributed by atoms with Crippen molar-refractivity contribution in [1.82, 2.24) is 5.32 Å². The minimum atomic E-state index is -0.766. The first-order valence-corrected chi connectivity index (χ1v) is 7.06. The average Bonchev–Trinajstić information content (AvgIpc) is 2.37. The Balaban J connectivity index is 1.93. The number of hydrogen-bond acceptors (Lipinski definition) is 4. The molecule has 0 saturated carbocycles. The van der Waals surface area contributed by atoms with Crippen molar-refractivity contribution in [1.29, 1.82) is 0 Å². The fourth-order valence-electron chi connectivity index (χ4n) is 1.97. The van der Waals surface area contributed by atoms with Gasteiger partial charge >= 0.3 is 5.69 Å². The van der Waals surface area contributed by atoms with Crippen LogP contribution in [-0.2, 0) is 6.54 Å². The van der Waals surface area contributed by atoms with E-state index in [1.807, 2.05) is 11.8 Å². The number of benzene rings is 1. The molecule has 1 N–H and O–H groups in total. The van der Waals surface area contributed by atoms with E-state index in [1.165, 1.54) is 24.3 Å². The summed E-state index contributed by atoms with van der Waals surface area (Å²) in [5.41, 5.74) is 0.278. The van der Waals surface area contributed by atoms with Crippen molar-refractivity contribution in [3.05, 3.63) is 39.7 Å². The Kier molecular flexibility index (Phi) is 4.54. The van der Waals surface area contributed by atoms with Crippen molar-refractivity contribution in [2.24, 2.45) is 0 Å². The molecular formula is C12H15FN2O2S. The molecule has 0 spiro atoms. The number of halogens is 1. The molecule has 1 atom stereocenters. The van der Waals surface area contributed by atoms with Gasteiger partial charge in [-0.3, -0.25) is 10.1 Å². The van der Waals surface area contributed by atoms with Crippen LogP contribution in [0.5, 0.6) is 0 Å². The Morgan fingerprint density at radius 2 is 2.39 bits per heavy atom. The van der Waals surface area contributed by atoms with Gasteiger partial charge in [0.1, 0.15) is 0 Å². The maximum Gasteiger partial charge on any atom is 0.304 e. The van der Waals surface area contributed by atoms with Gasteiger partial charge in [0.2, 0.25) is 5.82 Å². The number of nitrogens with zero attached hydrogens (tertiary/aromatic N) is 1. The maximum atomic E-state index is 13.4. The molecule has 1 heterocycles. The van der Waals surface area contributed by atoms with Crippen LogP contribution in [0.2, 0.25) is 0 Å². The van der Waals surface area contributed by atoms with Gasteiger partial charge in [0.15, 0.2) is 0 Å². The molecule has 0 aromatic heterocycles. The maximum absolute atomic E-state index is 13.4. The lowest BCUT2D eigenvalue weighted by molar-refractivity contribution is -0.387. The van der Waals surface area contributed by atoms with Gasteiger partial charge in [-0.05, 0) is 30.2 Å². The zero-order chi connectivity index (χ0) is 13.0. The van der Waals surface area contributed by atoms with E-state index in [-0.39, 0.29) is 0 Å². The van der Waals surface area contributed by atoms with Gasteiger partial charge in [0.05, 0.1) is 4.92 Å². The minimum Gasteiger partial charge on any atom is -0.309 e. The molecule has 0 aliphatic carbocycles. The number of thioether (sulfide) groups is 1. The van der Waals surface area contributed by atoms with Crippen molar-refractivity contribution in [2.45, 2.75) is 25.4 Å². The van der Waals surface area contributed by atoms with Gasteiger partial charge in [-0.25, -0.2) is 0 Å². The van der Waals surface area contributed by atoms with Gasteiger partial charge in [0, 0.05) is 24.4 Å². The minimum absolute atomic E-state index is 0.460. The van der Waals surface area contributed by atoms with Crippen LogP contribution in [0.1, 0.15) is 18.4 Å². The van der Waals surface area contributed by atoms with Crippen molar-refractivity contribution in [3.8, 4) is 0 Å². The Labute approximate surface area is 109 Å². The fourth-order valence-corrected chi connectivity index (χ4v) is 3.08. The summed E-state index contributed by atoms with van der Waals surface area (Å²) in [4.78, 5) is 9.78. The van der Waals surface area contributed by atoms with E-state index in [2.05, 4.69) is 5.32 Å². The molecule has 98 valence electrons. The Bertz CT molecular complexity index is 436. The van der Waals surface area contributed by atoms with Crippen LogP contribution in [-0.4, -0.2) is 22.5 Å². The van der Waals surface area contributed by atoms with E-state index in [9.17, 15) is 14.5 Å². The molecule has 1 saturated heterocycles. The molecule has 1 aliphatic heterocycles. The molecule has 2 rings (SSSR count). The van der Waals surface area contributed by atoms with Crippen molar-refractivity contribution in [3.63, 3.8) is 0 Å². The standard InChI is InChI=1S/C12H15FN2O2S/c13-11-6-9(3-4-12(11)15(16)17)7-14-10-2-1-5-18-8-10/h3-4,6,10,14H,1-2,5,7-8H2. The van der Waals surface area contributed by atoms with Gasteiger partial charge in [0.25, 0.3) is 0 Å². The largest absolute Gasteiger partial charge is 0.309 e. The third-order valence-electron chi connectivity index (χ3n) is 2.96. The molecule has 6 heteroatoms. The summed E-state index contributed by atoms with van der Waals surface area (Å²) in [6, 6.07) is 4.52. The summed E-state index contributed by atoms with van der Waals surface area (Å²) < 4.78 is 13.4. The molecule has 4 nitrogen and oxygen atoms in total. The Morgan fingerprint density at radius 3 is 3.00 bits per heavy atom. The van der Waals surface area contributed by atoms with Gasteiger partial charge in [-0.1, -0.05) is 6.07 Å². The smallest absolute Gasteiger partial charge is 0.304 e. The molecule has 0 bridgehead atoms. The van der Waals surface area contributed by atoms with Gasteiger partial charge in [-0.15, -0.1) is 0 Å². The van der Waals surface area contributed by atoms with Crippen LogP contribution in [0.3, 0.4) is 0 Å².